The van der Waals surface area contributed by atoms with E-state index >= 15 is 0 Å². The summed E-state index contributed by atoms with van der Waals surface area (Å²) >= 11 is 0. The lowest BCUT2D eigenvalue weighted by atomic mass is 10.1. The van der Waals surface area contributed by atoms with Gasteiger partial charge >= 0.3 is 0 Å². The molecule has 0 unspecified atom stereocenters. The highest BCUT2D eigenvalue weighted by Gasteiger charge is 1.92. The van der Waals surface area contributed by atoms with E-state index in [1.165, 1.54) is 6.07 Å². The maximum atomic E-state index is 9.04. The van der Waals surface area contributed by atoms with Crippen molar-refractivity contribution in [3.8, 4) is 5.75 Å². The molecule has 0 bridgehead atoms. The van der Waals surface area contributed by atoms with Crippen molar-refractivity contribution in [1.82, 2.24) is 0 Å². The van der Waals surface area contributed by atoms with Crippen LogP contribution in [0.15, 0.2) is 30.3 Å². The molecule has 0 fully saturated rings. The van der Waals surface area contributed by atoms with Crippen LogP contribution in [0, 0.1) is 12.1 Å². The Morgan fingerprint density at radius 1 is 1.09 bits per heavy atom. The average molecular weight is 142 g/mol. The molecule has 2 radical (unpaired) electrons. The van der Waals surface area contributed by atoms with Gasteiger partial charge in [-0.1, -0.05) is 24.3 Å². The zero-order chi connectivity index (χ0) is 7.68. The lowest BCUT2D eigenvalue weighted by Crippen LogP contribution is -1.71. The van der Waals surface area contributed by atoms with Crippen LogP contribution in [-0.4, -0.2) is 5.11 Å². The normalized spacial score (nSPS) is 10.2. The number of phenols is 1. The van der Waals surface area contributed by atoms with Crippen LogP contribution in [0.2, 0.25) is 0 Å². The smallest absolute Gasteiger partial charge is 0.124 e. The van der Waals surface area contributed by atoms with Crippen molar-refractivity contribution in [2.75, 3.05) is 0 Å². The molecule has 1 heteroatoms. The summed E-state index contributed by atoms with van der Waals surface area (Å²) in [6, 6.07) is 14.9. The minimum absolute atomic E-state index is 0.142. The number of rotatable bonds is 0. The highest BCUT2D eigenvalue weighted by Crippen LogP contribution is 2.17. The van der Waals surface area contributed by atoms with Crippen LogP contribution in [0.4, 0.5) is 0 Å². The van der Waals surface area contributed by atoms with Gasteiger partial charge in [0, 0.05) is 6.07 Å². The zero-order valence-electron chi connectivity index (χ0n) is 5.83. The topological polar surface area (TPSA) is 20.2 Å². The zero-order valence-corrected chi connectivity index (χ0v) is 5.83. The average Bonchev–Trinajstić information content (AvgIpc) is 2.04. The second-order valence-corrected chi connectivity index (χ2v) is 2.34. The van der Waals surface area contributed by atoms with Crippen LogP contribution in [0.3, 0.4) is 0 Å². The summed E-state index contributed by atoms with van der Waals surface area (Å²) in [7, 11) is 0. The Morgan fingerprint density at radius 3 is 2.64 bits per heavy atom. The van der Waals surface area contributed by atoms with Gasteiger partial charge in [0.05, 0.1) is 0 Å². The molecule has 2 aromatic rings. The minimum Gasteiger partial charge on any atom is -0.507 e. The Labute approximate surface area is 64.9 Å². The largest absolute Gasteiger partial charge is 0.507 e. The van der Waals surface area contributed by atoms with Crippen LogP contribution in [0.25, 0.3) is 10.8 Å². The number of benzene rings is 2. The molecule has 52 valence electrons. The highest BCUT2D eigenvalue weighted by atomic mass is 16.3. The van der Waals surface area contributed by atoms with Crippen molar-refractivity contribution in [1.29, 1.82) is 0 Å². The molecule has 0 spiro atoms. The van der Waals surface area contributed by atoms with Gasteiger partial charge in [0.2, 0.25) is 0 Å². The molecule has 1 N–H and O–H groups in total. The van der Waals surface area contributed by atoms with Gasteiger partial charge in [-0.3, -0.25) is 0 Å². The summed E-state index contributed by atoms with van der Waals surface area (Å²) in [6.07, 6.45) is 0. The number of phenolic OH excluding ortho intramolecular Hbond substituents is 1. The highest BCUT2D eigenvalue weighted by molar-refractivity contribution is 5.82. The summed E-state index contributed by atoms with van der Waals surface area (Å²) in [4.78, 5) is 0. The Kier molecular flexibility index (Phi) is 1.29. The first-order valence-corrected chi connectivity index (χ1v) is 3.38. The van der Waals surface area contributed by atoms with E-state index in [1.54, 1.807) is 0 Å². The van der Waals surface area contributed by atoms with Crippen molar-refractivity contribution < 1.29 is 5.11 Å². The molecule has 0 heterocycles. The van der Waals surface area contributed by atoms with Crippen molar-refractivity contribution in [3.05, 3.63) is 42.5 Å². The maximum absolute atomic E-state index is 9.04. The van der Waals surface area contributed by atoms with Crippen molar-refractivity contribution in [2.45, 2.75) is 0 Å². The predicted octanol–water partition coefficient (Wildman–Crippen LogP) is 2.15. The molecule has 0 atom stereocenters. The van der Waals surface area contributed by atoms with Gasteiger partial charge in [-0.2, -0.15) is 0 Å². The van der Waals surface area contributed by atoms with Gasteiger partial charge in [0.25, 0.3) is 0 Å². The summed E-state index contributed by atoms with van der Waals surface area (Å²) in [5, 5.41) is 10.9. The SMILES string of the molecule is Oc1[c]c2ccccc2[c]c1. The summed E-state index contributed by atoms with van der Waals surface area (Å²) in [5.74, 6) is 0.142. The Morgan fingerprint density at radius 2 is 1.82 bits per heavy atom. The maximum Gasteiger partial charge on any atom is 0.124 e. The van der Waals surface area contributed by atoms with E-state index in [0.717, 1.165) is 10.8 Å². The van der Waals surface area contributed by atoms with E-state index < -0.39 is 0 Å². The van der Waals surface area contributed by atoms with Gasteiger partial charge in [0.15, 0.2) is 0 Å². The molecular formula is C10H6O. The van der Waals surface area contributed by atoms with Gasteiger partial charge in [-0.25, -0.2) is 0 Å². The Balaban J connectivity index is 2.83. The van der Waals surface area contributed by atoms with E-state index in [0.29, 0.717) is 0 Å². The molecule has 0 amide bonds. The van der Waals surface area contributed by atoms with Gasteiger partial charge in [0.1, 0.15) is 5.75 Å². The Bertz CT molecular complexity index is 379. The van der Waals surface area contributed by atoms with Crippen LogP contribution < -0.4 is 0 Å². The van der Waals surface area contributed by atoms with Gasteiger partial charge in [-0.05, 0) is 22.9 Å². The van der Waals surface area contributed by atoms with Gasteiger partial charge in [-0.15, -0.1) is 0 Å². The fourth-order valence-corrected chi connectivity index (χ4v) is 1.04. The first-order chi connectivity index (χ1) is 5.36. The fraction of sp³-hybridized carbons (Fsp3) is 0. The third-order valence-corrected chi connectivity index (χ3v) is 1.55. The Hall–Kier alpha value is -1.50. The third kappa shape index (κ3) is 1.05. The van der Waals surface area contributed by atoms with Crippen molar-refractivity contribution in [2.24, 2.45) is 0 Å². The van der Waals surface area contributed by atoms with Crippen molar-refractivity contribution >= 4 is 10.8 Å². The monoisotopic (exact) mass is 142 g/mol. The second-order valence-electron chi connectivity index (χ2n) is 2.34. The number of fused-ring (bicyclic) bond motifs is 1. The molecule has 0 aliphatic carbocycles. The van der Waals surface area contributed by atoms with Crippen LogP contribution in [0.1, 0.15) is 0 Å². The lowest BCUT2D eigenvalue weighted by Gasteiger charge is -1.94. The fourth-order valence-electron chi connectivity index (χ4n) is 1.04. The predicted molar refractivity (Wildman–Crippen MR) is 43.3 cm³/mol. The third-order valence-electron chi connectivity index (χ3n) is 1.55. The van der Waals surface area contributed by atoms with Crippen LogP contribution in [-0.2, 0) is 0 Å². The molecular weight excluding hydrogens is 136 g/mol. The summed E-state index contributed by atoms with van der Waals surface area (Å²) < 4.78 is 0. The molecule has 2 aromatic carbocycles. The van der Waals surface area contributed by atoms with Crippen LogP contribution >= 0.6 is 0 Å². The second kappa shape index (κ2) is 2.27. The number of hydrogen-bond donors (Lipinski definition) is 1. The van der Waals surface area contributed by atoms with Crippen molar-refractivity contribution in [3.63, 3.8) is 0 Å². The molecule has 11 heavy (non-hydrogen) atoms. The van der Waals surface area contributed by atoms with Crippen LogP contribution in [0.5, 0.6) is 5.75 Å². The molecule has 0 saturated heterocycles. The van der Waals surface area contributed by atoms with E-state index in [-0.39, 0.29) is 5.75 Å². The molecule has 2 rings (SSSR count). The first kappa shape index (κ1) is 6.23. The first-order valence-electron chi connectivity index (χ1n) is 3.38. The standard InChI is InChI=1S/C10H6O/c11-10-6-5-8-3-1-2-4-9(8)7-10/h1-4,6,11H. The van der Waals surface area contributed by atoms with Gasteiger partial charge < -0.3 is 5.11 Å². The molecule has 0 aliphatic heterocycles. The number of hydrogen-bond acceptors (Lipinski definition) is 1. The molecule has 1 nitrogen and oxygen atoms in total. The summed E-state index contributed by atoms with van der Waals surface area (Å²) in [5.41, 5.74) is 0. The summed E-state index contributed by atoms with van der Waals surface area (Å²) in [6.45, 7) is 0. The minimum atomic E-state index is 0.142. The molecule has 0 aromatic heterocycles. The van der Waals surface area contributed by atoms with E-state index in [4.69, 9.17) is 5.11 Å². The number of aromatic hydroxyl groups is 1. The van der Waals surface area contributed by atoms with E-state index in [9.17, 15) is 0 Å². The molecule has 0 saturated carbocycles. The van der Waals surface area contributed by atoms with E-state index in [2.05, 4.69) is 12.1 Å². The quantitative estimate of drug-likeness (QED) is 0.597. The van der Waals surface area contributed by atoms with E-state index in [1.807, 2.05) is 24.3 Å². The molecule has 0 aliphatic rings. The lowest BCUT2D eigenvalue weighted by molar-refractivity contribution is 0.475.